The van der Waals surface area contributed by atoms with E-state index in [4.69, 9.17) is 14.9 Å². The Bertz CT molecular complexity index is 316. The third-order valence-corrected chi connectivity index (χ3v) is 3.39. The summed E-state index contributed by atoms with van der Waals surface area (Å²) in [6.45, 7) is 4.05. The molecule has 0 aromatic rings. The quantitative estimate of drug-likeness (QED) is 0.706. The number of nitrogens with zero attached hydrogens (tertiary/aromatic N) is 2. The first-order valence-corrected chi connectivity index (χ1v) is 7.06. The number of carbonyl (C=O) groups excluding carboxylic acids is 1. The summed E-state index contributed by atoms with van der Waals surface area (Å²) in [5.41, 5.74) is 0. The normalized spacial score (nSPS) is 16.2. The van der Waals surface area contributed by atoms with E-state index in [2.05, 4.69) is 0 Å². The van der Waals surface area contributed by atoms with E-state index in [0.29, 0.717) is 45.4 Å². The Morgan fingerprint density at radius 1 is 1.35 bits per heavy atom. The first-order chi connectivity index (χ1) is 9.58. The Kier molecular flexibility index (Phi) is 7.32. The van der Waals surface area contributed by atoms with Gasteiger partial charge in [0.15, 0.2) is 0 Å². The van der Waals surface area contributed by atoms with Gasteiger partial charge in [-0.2, -0.15) is 0 Å². The number of ether oxygens (including phenoxy) is 1. The lowest BCUT2D eigenvalue weighted by Gasteiger charge is -2.35. The van der Waals surface area contributed by atoms with Crippen molar-refractivity contribution in [2.45, 2.75) is 32.3 Å². The van der Waals surface area contributed by atoms with Crippen molar-refractivity contribution in [2.24, 2.45) is 0 Å². The molecule has 1 rings (SSSR count). The number of amides is 2. The topological polar surface area (TPSA) is 90.3 Å². The van der Waals surface area contributed by atoms with Crippen molar-refractivity contribution in [1.29, 1.82) is 0 Å². The summed E-state index contributed by atoms with van der Waals surface area (Å²) in [4.78, 5) is 26.2. The molecule has 7 heteroatoms. The number of urea groups is 1. The summed E-state index contributed by atoms with van der Waals surface area (Å²) in [5, 5.41) is 17.4. The third kappa shape index (κ3) is 5.34. The summed E-state index contributed by atoms with van der Waals surface area (Å²) in [6.07, 6.45) is 1.83. The number of carboxylic acid groups (broad SMARTS) is 1. The number of carboxylic acids is 1. The lowest BCUT2D eigenvalue weighted by Crippen LogP contribution is -2.48. The number of likely N-dealkylation sites (tertiary alicyclic amines) is 1. The van der Waals surface area contributed by atoms with E-state index in [1.807, 2.05) is 6.92 Å². The number of carbonyl (C=O) groups is 2. The summed E-state index contributed by atoms with van der Waals surface area (Å²) >= 11 is 0. The van der Waals surface area contributed by atoms with Gasteiger partial charge < -0.3 is 24.7 Å². The van der Waals surface area contributed by atoms with E-state index in [9.17, 15) is 9.59 Å². The van der Waals surface area contributed by atoms with Crippen molar-refractivity contribution >= 4 is 12.0 Å². The molecule has 0 bridgehead atoms. The molecule has 0 aromatic carbocycles. The zero-order chi connectivity index (χ0) is 15.0. The molecule has 0 spiro atoms. The van der Waals surface area contributed by atoms with Crippen molar-refractivity contribution in [2.75, 3.05) is 39.4 Å². The fourth-order valence-electron chi connectivity index (χ4n) is 2.25. The lowest BCUT2D eigenvalue weighted by molar-refractivity contribution is -0.145. The monoisotopic (exact) mass is 288 g/mol. The molecule has 0 saturated carbocycles. The standard InChI is InChI=1S/C13H24N2O5/c1-2-14(6-3-9-16)13(19)15-7-4-11(5-8-15)20-10-12(17)18/h11,16H,2-10H2,1H3,(H,17,18). The summed E-state index contributed by atoms with van der Waals surface area (Å²) in [7, 11) is 0. The maximum absolute atomic E-state index is 12.2. The van der Waals surface area contributed by atoms with Gasteiger partial charge in [-0.1, -0.05) is 0 Å². The minimum absolute atomic E-state index is 0.0161. The van der Waals surface area contributed by atoms with Gasteiger partial charge >= 0.3 is 12.0 Å². The van der Waals surface area contributed by atoms with Crippen LogP contribution in [0.15, 0.2) is 0 Å². The average Bonchev–Trinajstić information content (AvgIpc) is 2.46. The Hall–Kier alpha value is -1.34. The molecule has 2 amide bonds. The van der Waals surface area contributed by atoms with Gasteiger partial charge in [0.25, 0.3) is 0 Å². The van der Waals surface area contributed by atoms with Crippen molar-refractivity contribution in [3.8, 4) is 0 Å². The van der Waals surface area contributed by atoms with Crippen LogP contribution in [0, 0.1) is 0 Å². The highest BCUT2D eigenvalue weighted by Crippen LogP contribution is 2.15. The molecule has 0 aliphatic carbocycles. The molecule has 1 fully saturated rings. The van der Waals surface area contributed by atoms with Crippen molar-refractivity contribution < 1.29 is 24.5 Å². The molecule has 1 aliphatic rings. The molecule has 20 heavy (non-hydrogen) atoms. The second-order valence-electron chi connectivity index (χ2n) is 4.83. The van der Waals surface area contributed by atoms with Gasteiger partial charge in [-0.15, -0.1) is 0 Å². The predicted octanol–water partition coefficient (Wildman–Crippen LogP) is 0.376. The van der Waals surface area contributed by atoms with Crippen molar-refractivity contribution in [3.63, 3.8) is 0 Å². The smallest absolute Gasteiger partial charge is 0.329 e. The molecule has 116 valence electrons. The van der Waals surface area contributed by atoms with Gasteiger partial charge in [0.1, 0.15) is 6.61 Å². The van der Waals surface area contributed by atoms with Crippen LogP contribution in [0.2, 0.25) is 0 Å². The molecular formula is C13H24N2O5. The molecule has 1 saturated heterocycles. The summed E-state index contributed by atoms with van der Waals surface area (Å²) in [5.74, 6) is -0.968. The van der Waals surface area contributed by atoms with Crippen molar-refractivity contribution in [1.82, 2.24) is 9.80 Å². The largest absolute Gasteiger partial charge is 0.480 e. The molecule has 1 aliphatic heterocycles. The number of hydrogen-bond donors (Lipinski definition) is 2. The third-order valence-electron chi connectivity index (χ3n) is 3.39. The highest BCUT2D eigenvalue weighted by Gasteiger charge is 2.26. The van der Waals surface area contributed by atoms with Crippen LogP contribution in [0.3, 0.4) is 0 Å². The van der Waals surface area contributed by atoms with Crippen LogP contribution in [0.1, 0.15) is 26.2 Å². The van der Waals surface area contributed by atoms with Crippen LogP contribution >= 0.6 is 0 Å². The van der Waals surface area contributed by atoms with Crippen LogP contribution < -0.4 is 0 Å². The van der Waals surface area contributed by atoms with Crippen LogP contribution in [-0.2, 0) is 9.53 Å². The first-order valence-electron chi connectivity index (χ1n) is 7.06. The minimum Gasteiger partial charge on any atom is -0.480 e. The molecule has 1 heterocycles. The maximum atomic E-state index is 12.2. The van der Waals surface area contributed by atoms with Gasteiger partial charge in [-0.3, -0.25) is 0 Å². The average molecular weight is 288 g/mol. The van der Waals surface area contributed by atoms with Gasteiger partial charge in [0, 0.05) is 32.8 Å². The van der Waals surface area contributed by atoms with E-state index in [1.165, 1.54) is 0 Å². The number of aliphatic carboxylic acids is 1. The zero-order valence-electron chi connectivity index (χ0n) is 12.0. The van der Waals surface area contributed by atoms with E-state index >= 15 is 0 Å². The zero-order valence-corrected chi connectivity index (χ0v) is 12.0. The number of hydrogen-bond acceptors (Lipinski definition) is 4. The Morgan fingerprint density at radius 3 is 2.50 bits per heavy atom. The van der Waals surface area contributed by atoms with Crippen LogP contribution in [0.25, 0.3) is 0 Å². The molecule has 2 N–H and O–H groups in total. The molecule has 0 aromatic heterocycles. The highest BCUT2D eigenvalue weighted by molar-refractivity contribution is 5.74. The summed E-state index contributed by atoms with van der Waals surface area (Å²) < 4.78 is 5.24. The van der Waals surface area contributed by atoms with Crippen LogP contribution in [0.4, 0.5) is 4.79 Å². The lowest BCUT2D eigenvalue weighted by atomic mass is 10.1. The van der Waals surface area contributed by atoms with E-state index in [-0.39, 0.29) is 25.3 Å². The molecule has 0 unspecified atom stereocenters. The Morgan fingerprint density at radius 2 is 2.00 bits per heavy atom. The van der Waals surface area contributed by atoms with Gasteiger partial charge in [0.2, 0.25) is 0 Å². The maximum Gasteiger partial charge on any atom is 0.329 e. The Labute approximate surface area is 119 Å². The molecule has 0 radical (unpaired) electrons. The van der Waals surface area contributed by atoms with Gasteiger partial charge in [-0.05, 0) is 26.2 Å². The predicted molar refractivity (Wildman–Crippen MR) is 72.5 cm³/mol. The van der Waals surface area contributed by atoms with Crippen LogP contribution in [0.5, 0.6) is 0 Å². The number of aliphatic hydroxyl groups excluding tert-OH is 1. The minimum atomic E-state index is -0.968. The second kappa shape index (κ2) is 8.76. The Balaban J connectivity index is 2.35. The SMILES string of the molecule is CCN(CCCO)C(=O)N1CCC(OCC(=O)O)CC1. The number of aliphatic hydroxyl groups is 1. The van der Waals surface area contributed by atoms with E-state index in [0.717, 1.165) is 0 Å². The van der Waals surface area contributed by atoms with E-state index < -0.39 is 5.97 Å². The van der Waals surface area contributed by atoms with Gasteiger partial charge in [0.05, 0.1) is 6.10 Å². The first kappa shape index (κ1) is 16.7. The molecule has 7 nitrogen and oxygen atoms in total. The van der Waals surface area contributed by atoms with E-state index in [1.54, 1.807) is 9.80 Å². The van der Waals surface area contributed by atoms with Crippen LogP contribution in [-0.4, -0.2) is 77.5 Å². The molecular weight excluding hydrogens is 264 g/mol. The van der Waals surface area contributed by atoms with Crippen molar-refractivity contribution in [3.05, 3.63) is 0 Å². The fraction of sp³-hybridized carbons (Fsp3) is 0.846. The fourth-order valence-corrected chi connectivity index (χ4v) is 2.25. The van der Waals surface area contributed by atoms with Gasteiger partial charge in [-0.25, -0.2) is 9.59 Å². The second-order valence-corrected chi connectivity index (χ2v) is 4.83. The highest BCUT2D eigenvalue weighted by atomic mass is 16.5. The number of rotatable bonds is 7. The number of piperidine rings is 1. The molecule has 0 atom stereocenters. The summed E-state index contributed by atoms with van der Waals surface area (Å²) in [6, 6.07) is -0.0161.